The minimum Gasteiger partial charge on any atom is -0.493 e. The van der Waals surface area contributed by atoms with Crippen molar-refractivity contribution >= 4 is 0 Å². The van der Waals surface area contributed by atoms with Crippen LogP contribution in [0.3, 0.4) is 0 Å². The van der Waals surface area contributed by atoms with Gasteiger partial charge in [0.15, 0.2) is 5.82 Å². The standard InChI is InChI=1S/C13H11N5O2/c1-2-4-10-8(3-1)9(5-6-19-10)13-16-12(18-20-13)11-14-7-15-17-11/h1-4,7,9H,5-6H2,(H,14,15,17). The molecule has 0 aliphatic carbocycles. The molecule has 0 bridgehead atoms. The molecule has 0 fully saturated rings. The van der Waals surface area contributed by atoms with Gasteiger partial charge in [-0.05, 0) is 12.5 Å². The fraction of sp³-hybridized carbons (Fsp3) is 0.231. The average molecular weight is 269 g/mol. The van der Waals surface area contributed by atoms with E-state index in [1.807, 2.05) is 24.3 Å². The minimum atomic E-state index is 0.0594. The quantitative estimate of drug-likeness (QED) is 0.762. The third-order valence-corrected chi connectivity index (χ3v) is 3.33. The number of nitrogens with one attached hydrogen (secondary N) is 1. The number of aromatic amines is 1. The zero-order chi connectivity index (χ0) is 13.4. The van der Waals surface area contributed by atoms with Gasteiger partial charge in [0.2, 0.25) is 11.7 Å². The SMILES string of the molecule is c1ccc2c(c1)OCCC2c1nc(-c2ncn[nH]2)no1. The Balaban J connectivity index is 1.72. The van der Waals surface area contributed by atoms with Crippen LogP contribution in [0.2, 0.25) is 0 Å². The van der Waals surface area contributed by atoms with Crippen molar-refractivity contribution in [3.05, 3.63) is 42.0 Å². The first kappa shape index (κ1) is 11.2. The molecule has 0 radical (unpaired) electrons. The highest BCUT2D eigenvalue weighted by atomic mass is 16.5. The van der Waals surface area contributed by atoms with Crippen molar-refractivity contribution in [1.82, 2.24) is 25.3 Å². The highest BCUT2D eigenvalue weighted by Gasteiger charge is 2.28. The largest absolute Gasteiger partial charge is 0.493 e. The van der Waals surface area contributed by atoms with Crippen LogP contribution in [0.1, 0.15) is 23.8 Å². The Hall–Kier alpha value is -2.70. The molecule has 0 spiro atoms. The van der Waals surface area contributed by atoms with Gasteiger partial charge in [0.25, 0.3) is 0 Å². The first-order valence-electron chi connectivity index (χ1n) is 6.33. The van der Waals surface area contributed by atoms with E-state index in [0.29, 0.717) is 24.1 Å². The second-order valence-corrected chi connectivity index (χ2v) is 4.52. The van der Waals surface area contributed by atoms with Crippen LogP contribution in [0, 0.1) is 0 Å². The van der Waals surface area contributed by atoms with Crippen LogP contribution in [0.4, 0.5) is 0 Å². The van der Waals surface area contributed by atoms with E-state index in [9.17, 15) is 0 Å². The van der Waals surface area contributed by atoms with Gasteiger partial charge in [-0.2, -0.15) is 10.1 Å². The van der Waals surface area contributed by atoms with Gasteiger partial charge in [0.1, 0.15) is 12.1 Å². The molecule has 7 heteroatoms. The molecule has 100 valence electrons. The van der Waals surface area contributed by atoms with E-state index < -0.39 is 0 Å². The number of aromatic nitrogens is 5. The van der Waals surface area contributed by atoms with Gasteiger partial charge in [-0.25, -0.2) is 4.98 Å². The number of hydrogen-bond donors (Lipinski definition) is 1. The smallest absolute Gasteiger partial charge is 0.239 e. The van der Waals surface area contributed by atoms with Crippen LogP contribution in [-0.2, 0) is 0 Å². The molecule has 0 saturated carbocycles. The molecular weight excluding hydrogens is 258 g/mol. The Morgan fingerprint density at radius 3 is 3.10 bits per heavy atom. The summed E-state index contributed by atoms with van der Waals surface area (Å²) in [6, 6.07) is 7.91. The molecule has 1 aliphatic rings. The van der Waals surface area contributed by atoms with Gasteiger partial charge in [-0.15, -0.1) is 0 Å². The van der Waals surface area contributed by atoms with E-state index >= 15 is 0 Å². The summed E-state index contributed by atoms with van der Waals surface area (Å²) in [6.07, 6.45) is 2.23. The third kappa shape index (κ3) is 1.75. The number of ether oxygens (including phenoxy) is 1. The Kier molecular flexibility index (Phi) is 2.48. The molecule has 1 N–H and O–H groups in total. The van der Waals surface area contributed by atoms with E-state index in [1.165, 1.54) is 6.33 Å². The zero-order valence-electron chi connectivity index (χ0n) is 10.5. The fourth-order valence-electron chi connectivity index (χ4n) is 2.38. The topological polar surface area (TPSA) is 89.7 Å². The predicted octanol–water partition coefficient (Wildman–Crippen LogP) is 1.77. The molecular formula is C13H11N5O2. The van der Waals surface area contributed by atoms with Gasteiger partial charge < -0.3 is 9.26 Å². The monoisotopic (exact) mass is 269 g/mol. The van der Waals surface area contributed by atoms with Gasteiger partial charge in [0.05, 0.1) is 12.5 Å². The van der Waals surface area contributed by atoms with Crippen LogP contribution < -0.4 is 4.74 Å². The van der Waals surface area contributed by atoms with E-state index in [2.05, 4.69) is 25.3 Å². The van der Waals surface area contributed by atoms with Crippen molar-refractivity contribution in [3.63, 3.8) is 0 Å². The summed E-state index contributed by atoms with van der Waals surface area (Å²) in [5.74, 6) is 2.43. The van der Waals surface area contributed by atoms with Gasteiger partial charge in [0, 0.05) is 5.56 Å². The Morgan fingerprint density at radius 2 is 2.20 bits per heavy atom. The Morgan fingerprint density at radius 1 is 1.25 bits per heavy atom. The van der Waals surface area contributed by atoms with Crippen molar-refractivity contribution in [3.8, 4) is 17.4 Å². The number of H-pyrrole nitrogens is 1. The Bertz CT molecular complexity index is 722. The lowest BCUT2D eigenvalue weighted by Crippen LogP contribution is -2.15. The summed E-state index contributed by atoms with van der Waals surface area (Å²) in [7, 11) is 0. The van der Waals surface area contributed by atoms with Crippen LogP contribution in [0.5, 0.6) is 5.75 Å². The first-order valence-corrected chi connectivity index (χ1v) is 6.33. The highest BCUT2D eigenvalue weighted by molar-refractivity contribution is 5.43. The molecule has 3 aromatic rings. The minimum absolute atomic E-state index is 0.0594. The number of para-hydroxylation sites is 1. The van der Waals surface area contributed by atoms with Crippen molar-refractivity contribution in [1.29, 1.82) is 0 Å². The lowest BCUT2D eigenvalue weighted by Gasteiger charge is -2.22. The molecule has 1 unspecified atom stereocenters. The number of fused-ring (bicyclic) bond motifs is 1. The van der Waals surface area contributed by atoms with E-state index in [1.54, 1.807) is 0 Å². The predicted molar refractivity (Wildman–Crippen MR) is 68.1 cm³/mol. The summed E-state index contributed by atoms with van der Waals surface area (Å²) < 4.78 is 11.0. The van der Waals surface area contributed by atoms with Gasteiger partial charge in [-0.1, -0.05) is 23.4 Å². The molecule has 1 aliphatic heterocycles. The third-order valence-electron chi connectivity index (χ3n) is 3.33. The van der Waals surface area contributed by atoms with Crippen LogP contribution in [0.15, 0.2) is 35.1 Å². The van der Waals surface area contributed by atoms with Crippen molar-refractivity contribution < 1.29 is 9.26 Å². The second kappa shape index (κ2) is 4.44. The normalized spacial score (nSPS) is 17.5. The number of hydrogen-bond acceptors (Lipinski definition) is 6. The molecule has 1 atom stereocenters. The molecule has 20 heavy (non-hydrogen) atoms. The lowest BCUT2D eigenvalue weighted by atomic mass is 9.93. The zero-order valence-corrected chi connectivity index (χ0v) is 10.5. The molecule has 3 heterocycles. The van der Waals surface area contributed by atoms with E-state index in [-0.39, 0.29) is 5.92 Å². The number of rotatable bonds is 2. The molecule has 4 rings (SSSR count). The van der Waals surface area contributed by atoms with Crippen LogP contribution in [0.25, 0.3) is 11.6 Å². The fourth-order valence-corrected chi connectivity index (χ4v) is 2.38. The maximum Gasteiger partial charge on any atom is 0.239 e. The summed E-state index contributed by atoms with van der Waals surface area (Å²) in [5.41, 5.74) is 1.08. The molecule has 0 amide bonds. The van der Waals surface area contributed by atoms with Gasteiger partial charge >= 0.3 is 0 Å². The lowest BCUT2D eigenvalue weighted by molar-refractivity contribution is 0.257. The molecule has 2 aromatic heterocycles. The van der Waals surface area contributed by atoms with Crippen molar-refractivity contribution in [2.24, 2.45) is 0 Å². The van der Waals surface area contributed by atoms with Gasteiger partial charge in [-0.3, -0.25) is 5.10 Å². The second-order valence-electron chi connectivity index (χ2n) is 4.52. The maximum absolute atomic E-state index is 5.64. The van der Waals surface area contributed by atoms with Crippen molar-refractivity contribution in [2.75, 3.05) is 6.61 Å². The number of benzene rings is 1. The van der Waals surface area contributed by atoms with Crippen LogP contribution >= 0.6 is 0 Å². The summed E-state index contributed by atoms with van der Waals surface area (Å²) in [6.45, 7) is 0.641. The summed E-state index contributed by atoms with van der Waals surface area (Å²) in [4.78, 5) is 8.42. The maximum atomic E-state index is 5.64. The molecule has 7 nitrogen and oxygen atoms in total. The van der Waals surface area contributed by atoms with E-state index in [0.717, 1.165) is 17.7 Å². The summed E-state index contributed by atoms with van der Waals surface area (Å²) in [5, 5.41) is 10.4. The average Bonchev–Trinajstić information content (AvgIpc) is 3.17. The van der Waals surface area contributed by atoms with Crippen molar-refractivity contribution in [2.45, 2.75) is 12.3 Å². The van der Waals surface area contributed by atoms with Crippen LogP contribution in [-0.4, -0.2) is 31.9 Å². The Labute approximate surface area is 114 Å². The molecule has 0 saturated heterocycles. The van der Waals surface area contributed by atoms with E-state index in [4.69, 9.17) is 9.26 Å². The molecule has 1 aromatic carbocycles. The summed E-state index contributed by atoms with van der Waals surface area (Å²) >= 11 is 0. The highest BCUT2D eigenvalue weighted by Crippen LogP contribution is 2.37. The first-order chi connectivity index (χ1) is 9.92. The number of nitrogens with zero attached hydrogens (tertiary/aromatic N) is 4.